The molecule has 8 heteroatoms. The fourth-order valence-electron chi connectivity index (χ4n) is 3.61. The number of aryl methyl sites for hydroxylation is 1. The second kappa shape index (κ2) is 12.4. The van der Waals surface area contributed by atoms with Crippen molar-refractivity contribution in [3.05, 3.63) is 111 Å². The average molecular weight is 467 g/mol. The molecule has 3 rings (SSSR count). The van der Waals surface area contributed by atoms with E-state index < -0.39 is 23.2 Å². The van der Waals surface area contributed by atoms with Gasteiger partial charge >= 0.3 is 0 Å². The second-order valence-electron chi connectivity index (χ2n) is 8.18. The number of ether oxygens (including phenoxy) is 1. The number of aliphatic hydroxyl groups is 3. The molecular formula is C26H30N2O6. The zero-order valence-corrected chi connectivity index (χ0v) is 18.9. The Morgan fingerprint density at radius 3 is 2.09 bits per heavy atom. The van der Waals surface area contributed by atoms with Gasteiger partial charge in [-0.3, -0.25) is 10.1 Å². The summed E-state index contributed by atoms with van der Waals surface area (Å²) in [4.78, 5) is 10.3. The first kappa shape index (κ1) is 25.5. The lowest BCUT2D eigenvalue weighted by Crippen LogP contribution is -2.43. The Balaban J connectivity index is 1.59. The lowest BCUT2D eigenvalue weighted by Gasteiger charge is -2.25. The van der Waals surface area contributed by atoms with Crippen LogP contribution in [-0.4, -0.2) is 52.1 Å². The minimum Gasteiger partial charge on any atom is -0.395 e. The third kappa shape index (κ3) is 6.93. The van der Waals surface area contributed by atoms with Gasteiger partial charge in [-0.25, -0.2) is 0 Å². The molecule has 0 radical (unpaired) electrons. The molecule has 0 unspecified atom stereocenters. The third-order valence-corrected chi connectivity index (χ3v) is 5.58. The SMILES string of the molecule is Cc1ccc([C@H](OC[C@H](O)CN[C@H](CO)[C@@H](O)c2ccc([N+](=O)[O-])cc2)c2ccccc2)cc1. The van der Waals surface area contributed by atoms with Gasteiger partial charge in [-0.05, 0) is 35.7 Å². The summed E-state index contributed by atoms with van der Waals surface area (Å²) < 4.78 is 6.08. The van der Waals surface area contributed by atoms with Crippen molar-refractivity contribution in [2.24, 2.45) is 0 Å². The average Bonchev–Trinajstić information content (AvgIpc) is 2.86. The molecule has 4 atom stereocenters. The maximum atomic E-state index is 10.8. The van der Waals surface area contributed by atoms with Gasteiger partial charge in [0.15, 0.2) is 0 Å². The zero-order valence-electron chi connectivity index (χ0n) is 18.9. The molecule has 34 heavy (non-hydrogen) atoms. The van der Waals surface area contributed by atoms with Crippen molar-refractivity contribution in [2.75, 3.05) is 19.8 Å². The first-order valence-electron chi connectivity index (χ1n) is 11.1. The fourth-order valence-corrected chi connectivity index (χ4v) is 3.61. The molecule has 0 aromatic heterocycles. The van der Waals surface area contributed by atoms with Gasteiger partial charge in [0.05, 0.1) is 36.4 Å². The minimum atomic E-state index is -1.11. The van der Waals surface area contributed by atoms with Crippen molar-refractivity contribution in [1.29, 1.82) is 0 Å². The van der Waals surface area contributed by atoms with Crippen LogP contribution in [0.1, 0.15) is 34.5 Å². The number of nitrogens with one attached hydrogen (secondary N) is 1. The predicted octanol–water partition coefficient (Wildman–Crippen LogP) is 3.05. The number of aliphatic hydroxyl groups excluding tert-OH is 3. The maximum Gasteiger partial charge on any atom is 0.269 e. The first-order valence-corrected chi connectivity index (χ1v) is 11.1. The summed E-state index contributed by atoms with van der Waals surface area (Å²) in [6.07, 6.45) is -2.35. The molecule has 3 aromatic carbocycles. The fraction of sp³-hybridized carbons (Fsp3) is 0.308. The Bertz CT molecular complexity index is 1030. The monoisotopic (exact) mass is 466 g/mol. The molecular weight excluding hydrogens is 436 g/mol. The lowest BCUT2D eigenvalue weighted by molar-refractivity contribution is -0.384. The molecule has 4 N–H and O–H groups in total. The molecule has 0 aliphatic carbocycles. The summed E-state index contributed by atoms with van der Waals surface area (Å²) in [6, 6.07) is 22.5. The van der Waals surface area contributed by atoms with Gasteiger partial charge < -0.3 is 25.4 Å². The molecule has 8 nitrogen and oxygen atoms in total. The Labute approximate surface area is 198 Å². The molecule has 0 aliphatic rings. The van der Waals surface area contributed by atoms with E-state index in [0.29, 0.717) is 5.56 Å². The summed E-state index contributed by atoms with van der Waals surface area (Å²) in [7, 11) is 0. The van der Waals surface area contributed by atoms with Crippen molar-refractivity contribution in [1.82, 2.24) is 5.32 Å². The van der Waals surface area contributed by atoms with Gasteiger partial charge in [-0.2, -0.15) is 0 Å². The first-order chi connectivity index (χ1) is 16.4. The van der Waals surface area contributed by atoms with E-state index in [1.54, 1.807) is 0 Å². The Hall–Kier alpha value is -3.14. The second-order valence-corrected chi connectivity index (χ2v) is 8.18. The number of non-ortho nitro benzene ring substituents is 1. The van der Waals surface area contributed by atoms with Gasteiger partial charge in [0, 0.05) is 18.7 Å². The van der Waals surface area contributed by atoms with Gasteiger partial charge in [0.1, 0.15) is 6.10 Å². The number of nitro groups is 1. The van der Waals surface area contributed by atoms with Crippen LogP contribution >= 0.6 is 0 Å². The molecule has 0 spiro atoms. The van der Waals surface area contributed by atoms with Gasteiger partial charge in [-0.15, -0.1) is 0 Å². The highest BCUT2D eigenvalue weighted by atomic mass is 16.6. The predicted molar refractivity (Wildman–Crippen MR) is 128 cm³/mol. The summed E-state index contributed by atoms with van der Waals surface area (Å²) in [5.74, 6) is 0. The molecule has 0 aliphatic heterocycles. The highest BCUT2D eigenvalue weighted by Crippen LogP contribution is 2.26. The van der Waals surface area contributed by atoms with Gasteiger partial charge in [-0.1, -0.05) is 60.2 Å². The highest BCUT2D eigenvalue weighted by Gasteiger charge is 2.22. The van der Waals surface area contributed by atoms with Crippen molar-refractivity contribution < 1.29 is 25.0 Å². The van der Waals surface area contributed by atoms with Crippen molar-refractivity contribution in [3.8, 4) is 0 Å². The van der Waals surface area contributed by atoms with Crippen LogP contribution in [0.3, 0.4) is 0 Å². The molecule has 0 amide bonds. The topological polar surface area (TPSA) is 125 Å². The number of nitrogens with zero attached hydrogens (tertiary/aromatic N) is 1. The van der Waals surface area contributed by atoms with Crippen LogP contribution in [0.15, 0.2) is 78.9 Å². The number of benzene rings is 3. The van der Waals surface area contributed by atoms with Crippen LogP contribution in [0.4, 0.5) is 5.69 Å². The number of rotatable bonds is 12. The molecule has 0 heterocycles. The van der Waals surface area contributed by atoms with Crippen molar-refractivity contribution in [3.63, 3.8) is 0 Å². The standard InChI is InChI=1S/C26H30N2O6/c1-18-7-9-21(10-8-18)26(20-5-3-2-4-6-20)34-17-23(30)15-27-24(16-29)25(31)19-11-13-22(14-12-19)28(32)33/h2-14,23-27,29-31H,15-17H2,1H3/t23-,24-,25+,26-/m1/s1. The Morgan fingerprint density at radius 1 is 0.912 bits per heavy atom. The highest BCUT2D eigenvalue weighted by molar-refractivity contribution is 5.34. The molecule has 180 valence electrons. The lowest BCUT2D eigenvalue weighted by atomic mass is 10.0. The van der Waals surface area contributed by atoms with E-state index in [0.717, 1.165) is 16.7 Å². The zero-order chi connectivity index (χ0) is 24.5. The van der Waals surface area contributed by atoms with Crippen LogP contribution < -0.4 is 5.32 Å². The van der Waals surface area contributed by atoms with E-state index in [4.69, 9.17) is 4.74 Å². The van der Waals surface area contributed by atoms with E-state index >= 15 is 0 Å². The normalized spacial score (nSPS) is 14.8. The Morgan fingerprint density at radius 2 is 1.50 bits per heavy atom. The van der Waals surface area contributed by atoms with Crippen molar-refractivity contribution >= 4 is 5.69 Å². The van der Waals surface area contributed by atoms with Crippen LogP contribution in [0.2, 0.25) is 0 Å². The van der Waals surface area contributed by atoms with Gasteiger partial charge in [0.2, 0.25) is 0 Å². The van der Waals surface area contributed by atoms with E-state index in [1.807, 2.05) is 61.5 Å². The third-order valence-electron chi connectivity index (χ3n) is 5.58. The summed E-state index contributed by atoms with van der Waals surface area (Å²) in [5.41, 5.74) is 3.42. The van der Waals surface area contributed by atoms with Crippen LogP contribution in [-0.2, 0) is 4.74 Å². The van der Waals surface area contributed by atoms with Crippen LogP contribution in [0.25, 0.3) is 0 Å². The van der Waals surface area contributed by atoms with Crippen LogP contribution in [0.5, 0.6) is 0 Å². The number of nitro benzene ring substituents is 1. The smallest absolute Gasteiger partial charge is 0.269 e. The quantitative estimate of drug-likeness (QED) is 0.239. The van der Waals surface area contributed by atoms with Gasteiger partial charge in [0.25, 0.3) is 5.69 Å². The number of hydrogen-bond donors (Lipinski definition) is 4. The largest absolute Gasteiger partial charge is 0.395 e. The molecule has 0 fully saturated rings. The van der Waals surface area contributed by atoms with E-state index in [-0.39, 0.29) is 31.5 Å². The number of hydrogen-bond acceptors (Lipinski definition) is 7. The summed E-state index contributed by atoms with van der Waals surface area (Å²) >= 11 is 0. The molecule has 0 saturated carbocycles. The summed E-state index contributed by atoms with van der Waals surface area (Å²) in [6.45, 7) is 1.74. The molecule has 0 bridgehead atoms. The maximum absolute atomic E-state index is 10.8. The summed E-state index contributed by atoms with van der Waals surface area (Å²) in [5, 5.41) is 44.5. The molecule has 3 aromatic rings. The van der Waals surface area contributed by atoms with Crippen LogP contribution in [0, 0.1) is 17.0 Å². The van der Waals surface area contributed by atoms with E-state index in [1.165, 1.54) is 24.3 Å². The van der Waals surface area contributed by atoms with Crippen molar-refractivity contribution in [2.45, 2.75) is 31.3 Å². The molecule has 0 saturated heterocycles. The van der Waals surface area contributed by atoms with E-state index in [9.17, 15) is 25.4 Å². The van der Waals surface area contributed by atoms with E-state index in [2.05, 4.69) is 5.32 Å². The minimum absolute atomic E-state index is 0.0339. The Kier molecular flexibility index (Phi) is 9.26.